The number of nitrogens with one attached hydrogen (secondary N) is 1. The van der Waals surface area contributed by atoms with Gasteiger partial charge in [-0.2, -0.15) is 5.10 Å². The summed E-state index contributed by atoms with van der Waals surface area (Å²) in [6.07, 6.45) is 2.08. The molecule has 14 heavy (non-hydrogen) atoms. The molecule has 0 saturated carbocycles. The maximum absolute atomic E-state index is 5.50. The Balaban J connectivity index is 3.00. The lowest BCUT2D eigenvalue weighted by molar-refractivity contribution is 0.585. The molecule has 0 spiro atoms. The summed E-state index contributed by atoms with van der Waals surface area (Å²) in [5.41, 5.74) is 6.07. The molecule has 1 heterocycles. The molecule has 0 aliphatic heterocycles. The summed E-state index contributed by atoms with van der Waals surface area (Å²) in [5.74, 6) is 5.50. The zero-order valence-corrected chi connectivity index (χ0v) is 9.20. The number of hydrogen-bond donors (Lipinski definition) is 2. The van der Waals surface area contributed by atoms with Crippen LogP contribution in [0.3, 0.4) is 0 Å². The van der Waals surface area contributed by atoms with Gasteiger partial charge in [0.25, 0.3) is 0 Å². The Labute approximate surface area is 84.8 Å². The standard InChI is InChI=1S/C10H18N4/c1-7(2)5-9(12-11)10-6-8(3)13-14(10)4/h5-6,9,12H,11H2,1-4H3. The van der Waals surface area contributed by atoms with Gasteiger partial charge in [0.2, 0.25) is 0 Å². The van der Waals surface area contributed by atoms with Crippen LogP contribution in [0, 0.1) is 6.92 Å². The highest BCUT2D eigenvalue weighted by Crippen LogP contribution is 2.15. The first kappa shape index (κ1) is 10.9. The topological polar surface area (TPSA) is 55.9 Å². The van der Waals surface area contributed by atoms with Crippen molar-refractivity contribution in [3.8, 4) is 0 Å². The zero-order valence-electron chi connectivity index (χ0n) is 9.20. The van der Waals surface area contributed by atoms with Crippen LogP contribution < -0.4 is 11.3 Å². The normalized spacial score (nSPS) is 12.6. The smallest absolute Gasteiger partial charge is 0.0811 e. The molecule has 1 rings (SSSR count). The summed E-state index contributed by atoms with van der Waals surface area (Å²) in [5, 5.41) is 4.28. The molecule has 1 aromatic rings. The molecule has 1 aromatic heterocycles. The molecule has 0 bridgehead atoms. The van der Waals surface area contributed by atoms with E-state index < -0.39 is 0 Å². The van der Waals surface area contributed by atoms with Crippen molar-refractivity contribution in [2.75, 3.05) is 0 Å². The molecular formula is C10H18N4. The SMILES string of the molecule is CC(C)=CC(NN)c1cc(C)nn1C. The van der Waals surface area contributed by atoms with E-state index in [0.29, 0.717) is 0 Å². The number of aryl methyl sites for hydroxylation is 2. The van der Waals surface area contributed by atoms with Gasteiger partial charge in [-0.1, -0.05) is 11.6 Å². The third-order valence-corrected chi connectivity index (χ3v) is 2.04. The zero-order chi connectivity index (χ0) is 10.7. The van der Waals surface area contributed by atoms with Gasteiger partial charge in [0.15, 0.2) is 0 Å². The summed E-state index contributed by atoms with van der Waals surface area (Å²) < 4.78 is 1.85. The minimum Gasteiger partial charge on any atom is -0.271 e. The fourth-order valence-electron chi connectivity index (χ4n) is 1.47. The summed E-state index contributed by atoms with van der Waals surface area (Å²) in [7, 11) is 1.92. The summed E-state index contributed by atoms with van der Waals surface area (Å²) in [6.45, 7) is 6.07. The lowest BCUT2D eigenvalue weighted by Crippen LogP contribution is -2.28. The van der Waals surface area contributed by atoms with Crippen LogP contribution in [0.15, 0.2) is 17.7 Å². The number of rotatable bonds is 3. The van der Waals surface area contributed by atoms with E-state index >= 15 is 0 Å². The number of hydrazine groups is 1. The minimum absolute atomic E-state index is 0.0335. The van der Waals surface area contributed by atoms with Crippen LogP contribution in [0.2, 0.25) is 0 Å². The first-order valence-corrected chi connectivity index (χ1v) is 4.66. The molecule has 0 fully saturated rings. The maximum Gasteiger partial charge on any atom is 0.0811 e. The van der Waals surface area contributed by atoms with Gasteiger partial charge >= 0.3 is 0 Å². The quantitative estimate of drug-likeness (QED) is 0.432. The lowest BCUT2D eigenvalue weighted by atomic mass is 10.1. The number of allylic oxidation sites excluding steroid dienone is 1. The Morgan fingerprint density at radius 2 is 2.29 bits per heavy atom. The second-order valence-corrected chi connectivity index (χ2v) is 3.72. The molecule has 78 valence electrons. The average Bonchev–Trinajstić information content (AvgIpc) is 2.41. The summed E-state index contributed by atoms with van der Waals surface area (Å²) in [6, 6.07) is 2.07. The van der Waals surface area contributed by atoms with Crippen molar-refractivity contribution >= 4 is 0 Å². The molecule has 0 saturated heterocycles. The van der Waals surface area contributed by atoms with E-state index in [4.69, 9.17) is 5.84 Å². The van der Waals surface area contributed by atoms with Crippen molar-refractivity contribution in [1.29, 1.82) is 0 Å². The first-order chi connectivity index (χ1) is 6.54. The molecule has 4 heteroatoms. The van der Waals surface area contributed by atoms with Gasteiger partial charge in [-0.05, 0) is 26.8 Å². The van der Waals surface area contributed by atoms with Crippen molar-refractivity contribution in [3.05, 3.63) is 29.1 Å². The largest absolute Gasteiger partial charge is 0.271 e. The highest BCUT2D eigenvalue weighted by Gasteiger charge is 2.11. The maximum atomic E-state index is 5.50. The molecule has 0 aliphatic rings. The highest BCUT2D eigenvalue weighted by atomic mass is 15.3. The van der Waals surface area contributed by atoms with Crippen LogP contribution in [0.4, 0.5) is 0 Å². The van der Waals surface area contributed by atoms with E-state index in [0.717, 1.165) is 11.4 Å². The predicted molar refractivity (Wildman–Crippen MR) is 57.4 cm³/mol. The highest BCUT2D eigenvalue weighted by molar-refractivity contribution is 5.19. The van der Waals surface area contributed by atoms with Gasteiger partial charge in [-0.15, -0.1) is 0 Å². The fourth-order valence-corrected chi connectivity index (χ4v) is 1.47. The third-order valence-electron chi connectivity index (χ3n) is 2.04. The van der Waals surface area contributed by atoms with E-state index in [9.17, 15) is 0 Å². The number of aromatic nitrogens is 2. The van der Waals surface area contributed by atoms with Gasteiger partial charge in [0, 0.05) is 7.05 Å². The van der Waals surface area contributed by atoms with Crippen molar-refractivity contribution in [3.63, 3.8) is 0 Å². The van der Waals surface area contributed by atoms with Crippen LogP contribution in [0.25, 0.3) is 0 Å². The van der Waals surface area contributed by atoms with Crippen LogP contribution >= 0.6 is 0 Å². The molecule has 0 aliphatic carbocycles. The molecule has 3 N–H and O–H groups in total. The molecule has 0 amide bonds. The number of hydrogen-bond acceptors (Lipinski definition) is 3. The van der Waals surface area contributed by atoms with Gasteiger partial charge < -0.3 is 0 Å². The molecule has 0 aromatic carbocycles. The number of nitrogens with two attached hydrogens (primary N) is 1. The van der Waals surface area contributed by atoms with Gasteiger partial charge in [0.1, 0.15) is 0 Å². The summed E-state index contributed by atoms with van der Waals surface area (Å²) in [4.78, 5) is 0. The Kier molecular flexibility index (Phi) is 3.43. The molecule has 1 unspecified atom stereocenters. The number of nitrogens with zero attached hydrogens (tertiary/aromatic N) is 2. The van der Waals surface area contributed by atoms with E-state index in [1.807, 2.05) is 38.6 Å². The van der Waals surface area contributed by atoms with E-state index in [1.165, 1.54) is 5.57 Å². The molecule has 1 atom stereocenters. The monoisotopic (exact) mass is 194 g/mol. The average molecular weight is 194 g/mol. The Bertz CT molecular complexity index is 334. The molecule has 4 nitrogen and oxygen atoms in total. The van der Waals surface area contributed by atoms with Crippen molar-refractivity contribution < 1.29 is 0 Å². The van der Waals surface area contributed by atoms with Crippen LogP contribution in [-0.2, 0) is 7.05 Å². The van der Waals surface area contributed by atoms with E-state index in [2.05, 4.69) is 16.6 Å². The van der Waals surface area contributed by atoms with Crippen molar-refractivity contribution in [2.24, 2.45) is 12.9 Å². The van der Waals surface area contributed by atoms with Crippen molar-refractivity contribution in [2.45, 2.75) is 26.8 Å². The van der Waals surface area contributed by atoms with Crippen LogP contribution in [0.5, 0.6) is 0 Å². The molecular weight excluding hydrogens is 176 g/mol. The lowest BCUT2D eigenvalue weighted by Gasteiger charge is -2.12. The Morgan fingerprint density at radius 1 is 1.64 bits per heavy atom. The molecule has 0 radical (unpaired) electrons. The fraction of sp³-hybridized carbons (Fsp3) is 0.500. The summed E-state index contributed by atoms with van der Waals surface area (Å²) >= 11 is 0. The second-order valence-electron chi connectivity index (χ2n) is 3.72. The van der Waals surface area contributed by atoms with Gasteiger partial charge in [-0.3, -0.25) is 10.5 Å². The Morgan fingerprint density at radius 3 is 2.64 bits per heavy atom. The second kappa shape index (κ2) is 4.39. The van der Waals surface area contributed by atoms with Crippen LogP contribution in [0.1, 0.15) is 31.3 Å². The first-order valence-electron chi connectivity index (χ1n) is 4.66. The van der Waals surface area contributed by atoms with Crippen LogP contribution in [-0.4, -0.2) is 9.78 Å². The third kappa shape index (κ3) is 2.43. The van der Waals surface area contributed by atoms with Gasteiger partial charge in [-0.25, -0.2) is 5.43 Å². The Hall–Kier alpha value is -1.13. The van der Waals surface area contributed by atoms with Gasteiger partial charge in [0.05, 0.1) is 17.4 Å². The minimum atomic E-state index is 0.0335. The predicted octanol–water partition coefficient (Wildman–Crippen LogP) is 1.20. The van der Waals surface area contributed by atoms with E-state index in [-0.39, 0.29) is 6.04 Å². The van der Waals surface area contributed by atoms with Crippen molar-refractivity contribution in [1.82, 2.24) is 15.2 Å². The van der Waals surface area contributed by atoms with E-state index in [1.54, 1.807) is 0 Å².